The summed E-state index contributed by atoms with van der Waals surface area (Å²) >= 11 is 0. The highest BCUT2D eigenvalue weighted by molar-refractivity contribution is 7.87. The molecule has 43 heavy (non-hydrogen) atoms. The van der Waals surface area contributed by atoms with Gasteiger partial charge in [0, 0.05) is 56.9 Å². The summed E-state index contributed by atoms with van der Waals surface area (Å²) in [6.07, 6.45) is 8.63. The SMILES string of the molecule is COc1cc(OC)c(F)c(N(Cc2nccn2S(=O)(=O)N(C)C)c2ccc3ncc(-c4cnn(CCCN)c4)nc3n2)c1. The number of nitrogens with two attached hydrogens (primary N) is 1. The Morgan fingerprint density at radius 2 is 1.88 bits per heavy atom. The lowest BCUT2D eigenvalue weighted by molar-refractivity contribution is 0.374. The normalized spacial score (nSPS) is 11.8. The number of pyridine rings is 1. The van der Waals surface area contributed by atoms with E-state index in [1.807, 2.05) is 6.20 Å². The van der Waals surface area contributed by atoms with E-state index in [2.05, 4.69) is 15.1 Å². The molecule has 0 saturated heterocycles. The van der Waals surface area contributed by atoms with Crippen molar-refractivity contribution in [3.8, 4) is 22.8 Å². The van der Waals surface area contributed by atoms with E-state index in [9.17, 15) is 8.42 Å². The number of imidazole rings is 1. The molecule has 0 unspecified atom stereocenters. The second-order valence-electron chi connectivity index (χ2n) is 9.58. The van der Waals surface area contributed by atoms with Crippen LogP contribution in [-0.4, -0.2) is 81.3 Å². The van der Waals surface area contributed by atoms with Crippen LogP contribution in [0.3, 0.4) is 0 Å². The smallest absolute Gasteiger partial charge is 0.308 e. The third kappa shape index (κ3) is 5.97. The minimum atomic E-state index is -3.92. The number of methoxy groups -OCH3 is 2. The van der Waals surface area contributed by atoms with Crippen molar-refractivity contribution in [1.29, 1.82) is 0 Å². The fourth-order valence-electron chi connectivity index (χ4n) is 4.32. The molecular formula is C27H31FN10O4S. The van der Waals surface area contributed by atoms with E-state index in [0.717, 1.165) is 20.3 Å². The molecule has 4 heterocycles. The Kier molecular flexibility index (Phi) is 8.52. The molecule has 2 N–H and O–H groups in total. The Morgan fingerprint density at radius 1 is 1.07 bits per heavy atom. The van der Waals surface area contributed by atoms with Crippen LogP contribution in [0.5, 0.6) is 11.5 Å². The number of nitrogens with zero attached hydrogens (tertiary/aromatic N) is 9. The summed E-state index contributed by atoms with van der Waals surface area (Å²) in [5.74, 6) is -0.0938. The van der Waals surface area contributed by atoms with Crippen LogP contribution in [0.15, 0.2) is 55.2 Å². The van der Waals surface area contributed by atoms with Gasteiger partial charge in [-0.05, 0) is 25.1 Å². The van der Waals surface area contributed by atoms with Crippen molar-refractivity contribution in [1.82, 2.24) is 38.0 Å². The van der Waals surface area contributed by atoms with Gasteiger partial charge in [0.05, 0.1) is 44.5 Å². The van der Waals surface area contributed by atoms with Crippen molar-refractivity contribution in [2.45, 2.75) is 19.5 Å². The Balaban J connectivity index is 1.63. The van der Waals surface area contributed by atoms with Gasteiger partial charge in [-0.25, -0.2) is 23.3 Å². The molecule has 0 aliphatic heterocycles. The zero-order valence-electron chi connectivity index (χ0n) is 24.0. The number of hydrogen-bond acceptors (Lipinski definition) is 11. The minimum Gasteiger partial charge on any atom is -0.497 e. The molecule has 0 atom stereocenters. The first kappa shape index (κ1) is 29.8. The Hall–Kier alpha value is -4.67. The molecule has 1 aromatic carbocycles. The van der Waals surface area contributed by atoms with Crippen LogP contribution in [0.1, 0.15) is 12.2 Å². The molecule has 0 spiro atoms. The highest BCUT2D eigenvalue weighted by atomic mass is 32.2. The standard InChI is InChI=1S/C27H31FN10O4S/c1-35(2)43(39,40)38-11-9-30-25(38)17-37(22-12-19(41-3)13-23(42-4)26(22)28)24-7-6-20-27(34-24)33-21(15-31-20)18-14-32-36(16-18)10-5-8-29/h6-7,9,11-16H,5,8,10,17,29H2,1-4H3. The van der Waals surface area contributed by atoms with Crippen LogP contribution in [0.4, 0.5) is 15.9 Å². The second-order valence-corrected chi connectivity index (χ2v) is 11.6. The Morgan fingerprint density at radius 3 is 2.60 bits per heavy atom. The van der Waals surface area contributed by atoms with E-state index in [-0.39, 0.29) is 35.3 Å². The molecule has 16 heteroatoms. The lowest BCUT2D eigenvalue weighted by Gasteiger charge is -2.26. The van der Waals surface area contributed by atoms with Crippen molar-refractivity contribution in [3.63, 3.8) is 0 Å². The molecule has 226 valence electrons. The molecule has 0 fully saturated rings. The van der Waals surface area contributed by atoms with Crippen LogP contribution in [0.25, 0.3) is 22.4 Å². The topological polar surface area (TPSA) is 159 Å². The van der Waals surface area contributed by atoms with Crippen molar-refractivity contribution < 1.29 is 22.3 Å². The number of ether oxygens (including phenoxy) is 2. The van der Waals surface area contributed by atoms with Gasteiger partial charge < -0.3 is 20.1 Å². The zero-order valence-corrected chi connectivity index (χ0v) is 24.9. The lowest BCUT2D eigenvalue weighted by Crippen LogP contribution is -2.31. The summed E-state index contributed by atoms with van der Waals surface area (Å²) in [5, 5.41) is 4.36. The fraction of sp³-hybridized carbons (Fsp3) is 0.296. The van der Waals surface area contributed by atoms with Crippen molar-refractivity contribution in [2.75, 3.05) is 39.8 Å². The van der Waals surface area contributed by atoms with E-state index in [0.29, 0.717) is 30.0 Å². The molecule has 4 aromatic heterocycles. The minimum absolute atomic E-state index is 0.0187. The zero-order chi connectivity index (χ0) is 30.7. The summed E-state index contributed by atoms with van der Waals surface area (Å²) in [6.45, 7) is 1.03. The first-order valence-electron chi connectivity index (χ1n) is 13.2. The van der Waals surface area contributed by atoms with E-state index in [1.165, 1.54) is 57.7 Å². The van der Waals surface area contributed by atoms with E-state index >= 15 is 4.39 Å². The summed E-state index contributed by atoms with van der Waals surface area (Å²) in [4.78, 5) is 19.7. The van der Waals surface area contributed by atoms with Gasteiger partial charge in [-0.2, -0.15) is 17.8 Å². The third-order valence-electron chi connectivity index (χ3n) is 6.62. The number of benzene rings is 1. The number of hydrogen-bond donors (Lipinski definition) is 1. The number of rotatable bonds is 12. The van der Waals surface area contributed by atoms with Crippen molar-refractivity contribution >= 4 is 32.9 Å². The Bertz CT molecular complexity index is 1860. The predicted octanol–water partition coefficient (Wildman–Crippen LogP) is 2.58. The number of aryl methyl sites for hydroxylation is 1. The van der Waals surface area contributed by atoms with Crippen LogP contribution in [0.2, 0.25) is 0 Å². The first-order valence-corrected chi connectivity index (χ1v) is 14.6. The monoisotopic (exact) mass is 610 g/mol. The van der Waals surface area contributed by atoms with Gasteiger partial charge in [0.1, 0.15) is 22.9 Å². The molecule has 5 rings (SSSR count). The van der Waals surface area contributed by atoms with Crippen LogP contribution in [-0.2, 0) is 23.3 Å². The average Bonchev–Trinajstić information content (AvgIpc) is 3.69. The molecule has 0 saturated carbocycles. The van der Waals surface area contributed by atoms with Gasteiger partial charge >= 0.3 is 10.2 Å². The molecule has 0 radical (unpaired) electrons. The second kappa shape index (κ2) is 12.3. The van der Waals surface area contributed by atoms with Gasteiger partial charge in [0.25, 0.3) is 0 Å². The Labute approximate surface area is 247 Å². The highest BCUT2D eigenvalue weighted by Gasteiger charge is 2.26. The maximum atomic E-state index is 15.9. The molecule has 0 amide bonds. The molecule has 0 bridgehead atoms. The van der Waals surface area contributed by atoms with E-state index in [4.69, 9.17) is 25.2 Å². The highest BCUT2D eigenvalue weighted by Crippen LogP contribution is 2.37. The van der Waals surface area contributed by atoms with E-state index < -0.39 is 16.0 Å². The number of anilines is 2. The maximum absolute atomic E-state index is 15.9. The van der Waals surface area contributed by atoms with Gasteiger partial charge in [0.15, 0.2) is 17.2 Å². The van der Waals surface area contributed by atoms with Gasteiger partial charge in [-0.3, -0.25) is 9.67 Å². The summed E-state index contributed by atoms with van der Waals surface area (Å²) in [5.41, 5.74) is 7.71. The summed E-state index contributed by atoms with van der Waals surface area (Å²) in [6, 6.07) is 6.22. The third-order valence-corrected chi connectivity index (χ3v) is 8.37. The summed E-state index contributed by atoms with van der Waals surface area (Å²) < 4.78 is 56.4. The molecule has 0 aliphatic carbocycles. The summed E-state index contributed by atoms with van der Waals surface area (Å²) in [7, 11) is 1.68. The van der Waals surface area contributed by atoms with Crippen LogP contribution in [0, 0.1) is 5.82 Å². The largest absolute Gasteiger partial charge is 0.497 e. The molecular weight excluding hydrogens is 579 g/mol. The quantitative estimate of drug-likeness (QED) is 0.221. The fourth-order valence-corrected chi connectivity index (χ4v) is 5.25. The van der Waals surface area contributed by atoms with Crippen LogP contribution < -0.4 is 20.1 Å². The van der Waals surface area contributed by atoms with Crippen molar-refractivity contribution in [3.05, 3.63) is 66.9 Å². The number of aromatic nitrogens is 7. The van der Waals surface area contributed by atoms with Gasteiger partial charge in [-0.1, -0.05) is 0 Å². The van der Waals surface area contributed by atoms with Gasteiger partial charge in [-0.15, -0.1) is 0 Å². The molecule has 0 aliphatic rings. The van der Waals surface area contributed by atoms with E-state index in [1.54, 1.807) is 29.2 Å². The lowest BCUT2D eigenvalue weighted by atomic mass is 10.2. The van der Waals surface area contributed by atoms with Crippen molar-refractivity contribution in [2.24, 2.45) is 5.73 Å². The average molecular weight is 611 g/mol. The number of fused-ring (bicyclic) bond motifs is 1. The van der Waals surface area contributed by atoms with Crippen LogP contribution >= 0.6 is 0 Å². The molecule has 5 aromatic rings. The van der Waals surface area contributed by atoms with Gasteiger partial charge in [0.2, 0.25) is 0 Å². The predicted molar refractivity (Wildman–Crippen MR) is 158 cm³/mol. The number of halogens is 1. The first-order chi connectivity index (χ1) is 20.7. The maximum Gasteiger partial charge on any atom is 0.308 e. The molecule has 14 nitrogen and oxygen atoms in total.